The molecule has 6 nitrogen and oxygen atoms in total. The molecule has 2 heterocycles. The molecule has 2 aromatic rings. The van der Waals surface area contributed by atoms with Gasteiger partial charge >= 0.3 is 0 Å². The maximum atomic E-state index is 13.0. The molecule has 2 fully saturated rings. The van der Waals surface area contributed by atoms with E-state index in [1.54, 1.807) is 24.5 Å². The van der Waals surface area contributed by atoms with Crippen molar-refractivity contribution < 1.29 is 9.59 Å². The Labute approximate surface area is 191 Å². The number of carbonyl (C=O) groups is 2. The van der Waals surface area contributed by atoms with Gasteiger partial charge in [-0.1, -0.05) is 49.6 Å². The standard InChI is InChI=1S/C26H34N4O2/c31-24(28-25(21-8-3-1-4-9-21)22-10-5-2-6-11-22)20-29-16-7-17-30(19-18-29)26(32)23-12-14-27-15-13-23/h1,3-4,8-9,12-15,22,25H,2,5-7,10-11,16-20H2,(H,28,31). The summed E-state index contributed by atoms with van der Waals surface area (Å²) in [5.74, 6) is 0.631. The molecule has 1 unspecified atom stereocenters. The molecule has 32 heavy (non-hydrogen) atoms. The third-order valence-electron chi connectivity index (χ3n) is 6.77. The highest BCUT2D eigenvalue weighted by Crippen LogP contribution is 2.34. The summed E-state index contributed by atoms with van der Waals surface area (Å²) in [7, 11) is 0. The third kappa shape index (κ3) is 5.94. The van der Waals surface area contributed by atoms with E-state index in [1.807, 2.05) is 11.0 Å². The minimum absolute atomic E-state index is 0.0418. The summed E-state index contributed by atoms with van der Waals surface area (Å²) in [6.45, 7) is 3.27. The number of hydrogen-bond donors (Lipinski definition) is 1. The van der Waals surface area contributed by atoms with E-state index in [-0.39, 0.29) is 17.9 Å². The summed E-state index contributed by atoms with van der Waals surface area (Å²) in [5.41, 5.74) is 1.88. The summed E-state index contributed by atoms with van der Waals surface area (Å²) in [6, 6.07) is 14.0. The van der Waals surface area contributed by atoms with Crippen LogP contribution in [0.5, 0.6) is 0 Å². The third-order valence-corrected chi connectivity index (χ3v) is 6.77. The summed E-state index contributed by atoms with van der Waals surface area (Å²) in [6.07, 6.45) is 10.3. The molecule has 1 aromatic carbocycles. The molecular formula is C26H34N4O2. The highest BCUT2D eigenvalue weighted by molar-refractivity contribution is 5.94. The second-order valence-electron chi connectivity index (χ2n) is 9.01. The zero-order valence-corrected chi connectivity index (χ0v) is 18.8. The van der Waals surface area contributed by atoms with Crippen molar-refractivity contribution in [1.82, 2.24) is 20.1 Å². The van der Waals surface area contributed by atoms with Gasteiger partial charge in [0.2, 0.25) is 5.91 Å². The Morgan fingerprint density at radius 1 is 0.906 bits per heavy atom. The molecule has 0 radical (unpaired) electrons. The van der Waals surface area contributed by atoms with Gasteiger partial charge in [-0.15, -0.1) is 0 Å². The van der Waals surface area contributed by atoms with Gasteiger partial charge in [-0.2, -0.15) is 0 Å². The van der Waals surface area contributed by atoms with Gasteiger partial charge in [-0.25, -0.2) is 0 Å². The second-order valence-corrected chi connectivity index (χ2v) is 9.01. The first-order chi connectivity index (χ1) is 15.7. The Bertz CT molecular complexity index is 868. The lowest BCUT2D eigenvalue weighted by molar-refractivity contribution is -0.123. The van der Waals surface area contributed by atoms with Crippen LogP contribution in [0.1, 0.15) is 60.5 Å². The van der Waals surface area contributed by atoms with Crippen LogP contribution in [0.4, 0.5) is 0 Å². The van der Waals surface area contributed by atoms with Crippen LogP contribution in [-0.4, -0.2) is 59.3 Å². The Morgan fingerprint density at radius 3 is 2.41 bits per heavy atom. The van der Waals surface area contributed by atoms with Gasteiger partial charge < -0.3 is 10.2 Å². The first-order valence-electron chi connectivity index (χ1n) is 12.0. The highest BCUT2D eigenvalue weighted by Gasteiger charge is 2.27. The van der Waals surface area contributed by atoms with Crippen LogP contribution in [0.25, 0.3) is 0 Å². The van der Waals surface area contributed by atoms with Crippen LogP contribution in [0.2, 0.25) is 0 Å². The van der Waals surface area contributed by atoms with Crippen LogP contribution < -0.4 is 5.32 Å². The number of rotatable bonds is 6. The predicted molar refractivity (Wildman–Crippen MR) is 125 cm³/mol. The monoisotopic (exact) mass is 434 g/mol. The molecule has 2 amide bonds. The molecule has 4 rings (SSSR count). The minimum atomic E-state index is 0.0418. The van der Waals surface area contributed by atoms with E-state index in [0.717, 1.165) is 13.0 Å². The number of hydrogen-bond acceptors (Lipinski definition) is 4. The van der Waals surface area contributed by atoms with Crippen molar-refractivity contribution in [1.29, 1.82) is 0 Å². The zero-order valence-electron chi connectivity index (χ0n) is 18.8. The molecule has 1 aliphatic carbocycles. The second kappa shape index (κ2) is 11.2. The van der Waals surface area contributed by atoms with Crippen LogP contribution in [0.3, 0.4) is 0 Å². The number of aromatic nitrogens is 1. The number of nitrogens with one attached hydrogen (secondary N) is 1. The van der Waals surface area contributed by atoms with Crippen molar-refractivity contribution in [2.45, 2.75) is 44.6 Å². The summed E-state index contributed by atoms with van der Waals surface area (Å²) < 4.78 is 0. The fraction of sp³-hybridized carbons (Fsp3) is 0.500. The highest BCUT2D eigenvalue weighted by atomic mass is 16.2. The van der Waals surface area contributed by atoms with E-state index in [0.29, 0.717) is 37.7 Å². The number of pyridine rings is 1. The van der Waals surface area contributed by atoms with E-state index in [4.69, 9.17) is 0 Å². The Balaban J connectivity index is 1.34. The predicted octanol–water partition coefficient (Wildman–Crippen LogP) is 3.67. The van der Waals surface area contributed by atoms with Crippen molar-refractivity contribution >= 4 is 11.8 Å². The largest absolute Gasteiger partial charge is 0.348 e. The lowest BCUT2D eigenvalue weighted by atomic mass is 9.81. The molecule has 1 saturated carbocycles. The molecule has 0 spiro atoms. The van der Waals surface area contributed by atoms with Crippen molar-refractivity contribution in [2.24, 2.45) is 5.92 Å². The normalized spacial score (nSPS) is 19.2. The van der Waals surface area contributed by atoms with Gasteiger partial charge in [0.15, 0.2) is 0 Å². The average Bonchev–Trinajstić information content (AvgIpc) is 3.09. The molecule has 0 bridgehead atoms. The zero-order chi connectivity index (χ0) is 22.2. The summed E-state index contributed by atoms with van der Waals surface area (Å²) >= 11 is 0. The van der Waals surface area contributed by atoms with Gasteiger partial charge in [0.05, 0.1) is 12.6 Å². The van der Waals surface area contributed by atoms with Crippen LogP contribution in [0.15, 0.2) is 54.9 Å². The molecule has 170 valence electrons. The quantitative estimate of drug-likeness (QED) is 0.753. The van der Waals surface area contributed by atoms with Crippen LogP contribution in [-0.2, 0) is 4.79 Å². The van der Waals surface area contributed by atoms with Crippen molar-refractivity contribution in [2.75, 3.05) is 32.7 Å². The van der Waals surface area contributed by atoms with E-state index >= 15 is 0 Å². The topological polar surface area (TPSA) is 65.5 Å². The molecule has 2 aliphatic rings. The number of benzene rings is 1. The molecular weight excluding hydrogens is 400 g/mol. The fourth-order valence-corrected chi connectivity index (χ4v) is 5.03. The Morgan fingerprint density at radius 2 is 1.66 bits per heavy atom. The number of nitrogens with zero attached hydrogens (tertiary/aromatic N) is 3. The Kier molecular flexibility index (Phi) is 7.88. The van der Waals surface area contributed by atoms with Crippen LogP contribution in [0, 0.1) is 5.92 Å². The molecule has 1 aliphatic heterocycles. The molecule has 1 N–H and O–H groups in total. The fourth-order valence-electron chi connectivity index (χ4n) is 5.03. The van der Waals surface area contributed by atoms with E-state index in [1.165, 1.54) is 37.7 Å². The lowest BCUT2D eigenvalue weighted by Gasteiger charge is -2.32. The number of amides is 2. The van der Waals surface area contributed by atoms with Gasteiger partial charge in [0, 0.05) is 44.1 Å². The molecule has 1 aromatic heterocycles. The summed E-state index contributed by atoms with van der Waals surface area (Å²) in [5, 5.41) is 3.36. The van der Waals surface area contributed by atoms with Crippen molar-refractivity contribution in [3.63, 3.8) is 0 Å². The van der Waals surface area contributed by atoms with Crippen molar-refractivity contribution in [3.8, 4) is 0 Å². The maximum Gasteiger partial charge on any atom is 0.254 e. The maximum absolute atomic E-state index is 13.0. The average molecular weight is 435 g/mol. The van der Waals surface area contributed by atoms with E-state index < -0.39 is 0 Å². The van der Waals surface area contributed by atoms with Gasteiger partial charge in [-0.3, -0.25) is 19.5 Å². The van der Waals surface area contributed by atoms with E-state index in [9.17, 15) is 9.59 Å². The van der Waals surface area contributed by atoms with Crippen molar-refractivity contribution in [3.05, 3.63) is 66.0 Å². The Hall–Kier alpha value is -2.73. The smallest absolute Gasteiger partial charge is 0.254 e. The minimum Gasteiger partial charge on any atom is -0.348 e. The SMILES string of the molecule is O=C(CN1CCCN(C(=O)c2ccncc2)CC1)NC(c1ccccc1)C1CCCCC1. The molecule has 1 saturated heterocycles. The first-order valence-corrected chi connectivity index (χ1v) is 12.0. The van der Waals surface area contributed by atoms with Gasteiger partial charge in [-0.05, 0) is 42.9 Å². The number of carbonyl (C=O) groups excluding carboxylic acids is 2. The van der Waals surface area contributed by atoms with E-state index in [2.05, 4.69) is 39.5 Å². The lowest BCUT2D eigenvalue weighted by Crippen LogP contribution is -2.42. The van der Waals surface area contributed by atoms with Crippen LogP contribution >= 0.6 is 0 Å². The summed E-state index contributed by atoms with van der Waals surface area (Å²) in [4.78, 5) is 33.9. The molecule has 6 heteroatoms. The first kappa shape index (κ1) is 22.5. The van der Waals surface area contributed by atoms with Gasteiger partial charge in [0.1, 0.15) is 0 Å². The molecule has 1 atom stereocenters. The van der Waals surface area contributed by atoms with Gasteiger partial charge in [0.25, 0.3) is 5.91 Å².